The third-order valence-corrected chi connectivity index (χ3v) is 1.66. The number of aromatic nitrogens is 2. The van der Waals surface area contributed by atoms with Gasteiger partial charge >= 0.3 is 5.97 Å². The number of carbonyl (C=O) groups excluding carboxylic acids is 2. The second kappa shape index (κ2) is 4.52. The van der Waals surface area contributed by atoms with Crippen LogP contribution in [0.15, 0.2) is 12.4 Å². The minimum Gasteiger partial charge on any atom is -0.463 e. The summed E-state index contributed by atoms with van der Waals surface area (Å²) in [5, 5.41) is 0. The van der Waals surface area contributed by atoms with Crippen molar-refractivity contribution in [1.82, 2.24) is 9.55 Å². The molecule has 0 saturated carbocycles. The maximum Gasteiger partial charge on any atom is 0.374 e. The van der Waals surface area contributed by atoms with Crippen molar-refractivity contribution in [1.29, 1.82) is 0 Å². The molecule has 0 saturated heterocycles. The molecule has 0 radical (unpaired) electrons. The molecule has 76 valence electrons. The molecule has 0 aliphatic carbocycles. The summed E-state index contributed by atoms with van der Waals surface area (Å²) in [5.74, 6) is -0.637. The smallest absolute Gasteiger partial charge is 0.374 e. The number of ether oxygens (including phenoxy) is 1. The van der Waals surface area contributed by atoms with Crippen molar-refractivity contribution < 1.29 is 14.3 Å². The second-order valence-corrected chi connectivity index (χ2v) is 2.61. The van der Waals surface area contributed by atoms with E-state index in [1.165, 1.54) is 24.1 Å². The Hall–Kier alpha value is -1.69. The van der Waals surface area contributed by atoms with Gasteiger partial charge < -0.3 is 15.0 Å². The summed E-state index contributed by atoms with van der Waals surface area (Å²) < 4.78 is 5.89. The monoisotopic (exact) mass is 197 g/mol. The summed E-state index contributed by atoms with van der Waals surface area (Å²) in [7, 11) is 1.26. The molecule has 1 aromatic rings. The Morgan fingerprint density at radius 3 is 2.93 bits per heavy atom. The molecular weight excluding hydrogens is 186 g/mol. The van der Waals surface area contributed by atoms with Gasteiger partial charge in [0, 0.05) is 12.4 Å². The normalized spacial score (nSPS) is 9.86. The molecule has 14 heavy (non-hydrogen) atoms. The molecule has 6 nitrogen and oxygen atoms in total. The minimum atomic E-state index is -0.570. The van der Waals surface area contributed by atoms with Crippen LogP contribution in [0.5, 0.6) is 0 Å². The summed E-state index contributed by atoms with van der Waals surface area (Å²) in [6.45, 7) is -0.0142. The Morgan fingerprint density at radius 1 is 1.64 bits per heavy atom. The molecule has 0 unspecified atom stereocenters. The Bertz CT molecular complexity index is 345. The van der Waals surface area contributed by atoms with Gasteiger partial charge in [0.1, 0.15) is 0 Å². The average molecular weight is 197 g/mol. The summed E-state index contributed by atoms with van der Waals surface area (Å²) >= 11 is 0. The highest BCUT2D eigenvalue weighted by Gasteiger charge is 2.14. The predicted octanol–water partition coefficient (Wildman–Crippen LogP) is -0.802. The Morgan fingerprint density at radius 2 is 2.36 bits per heavy atom. The number of nitrogens with two attached hydrogens (primary N) is 1. The number of imidazole rings is 1. The maximum atomic E-state index is 11.1. The lowest BCUT2D eigenvalue weighted by Gasteiger charge is -2.03. The molecule has 0 spiro atoms. The SMILES string of the molecule is COC(=O)c1nccn1CC(=O)CN. The van der Waals surface area contributed by atoms with Gasteiger partial charge in [-0.05, 0) is 0 Å². The topological polar surface area (TPSA) is 87.2 Å². The van der Waals surface area contributed by atoms with E-state index in [1.807, 2.05) is 0 Å². The van der Waals surface area contributed by atoms with E-state index in [0.29, 0.717) is 0 Å². The first-order chi connectivity index (χ1) is 6.69. The highest BCUT2D eigenvalue weighted by atomic mass is 16.5. The van der Waals surface area contributed by atoms with Gasteiger partial charge in [0.25, 0.3) is 0 Å². The molecule has 1 heterocycles. The van der Waals surface area contributed by atoms with E-state index in [4.69, 9.17) is 5.73 Å². The lowest BCUT2D eigenvalue weighted by atomic mass is 10.4. The first kappa shape index (κ1) is 10.4. The molecule has 0 bridgehead atoms. The third kappa shape index (κ3) is 2.17. The fourth-order valence-electron chi connectivity index (χ4n) is 0.973. The van der Waals surface area contributed by atoms with Crippen molar-refractivity contribution >= 4 is 11.8 Å². The van der Waals surface area contributed by atoms with Crippen molar-refractivity contribution in [3.63, 3.8) is 0 Å². The Kier molecular flexibility index (Phi) is 3.35. The summed E-state index contributed by atoms with van der Waals surface area (Å²) in [4.78, 5) is 25.9. The lowest BCUT2D eigenvalue weighted by molar-refractivity contribution is -0.118. The Balaban J connectivity index is 2.82. The van der Waals surface area contributed by atoms with E-state index in [0.717, 1.165) is 0 Å². The van der Waals surface area contributed by atoms with Crippen LogP contribution >= 0.6 is 0 Å². The van der Waals surface area contributed by atoms with Gasteiger partial charge in [0.15, 0.2) is 5.78 Å². The van der Waals surface area contributed by atoms with Crippen LogP contribution in [0.2, 0.25) is 0 Å². The maximum absolute atomic E-state index is 11.1. The molecule has 0 fully saturated rings. The highest BCUT2D eigenvalue weighted by Crippen LogP contribution is 1.99. The van der Waals surface area contributed by atoms with Crippen molar-refractivity contribution in [2.45, 2.75) is 6.54 Å². The first-order valence-electron chi connectivity index (χ1n) is 4.00. The number of hydrogen-bond donors (Lipinski definition) is 1. The van der Waals surface area contributed by atoms with E-state index in [9.17, 15) is 9.59 Å². The fourth-order valence-corrected chi connectivity index (χ4v) is 0.973. The van der Waals surface area contributed by atoms with Crippen LogP contribution < -0.4 is 5.73 Å². The van der Waals surface area contributed by atoms with Gasteiger partial charge in [-0.1, -0.05) is 0 Å². The summed E-state index contributed by atoms with van der Waals surface area (Å²) in [6, 6.07) is 0. The highest BCUT2D eigenvalue weighted by molar-refractivity contribution is 5.87. The van der Waals surface area contributed by atoms with E-state index in [1.54, 1.807) is 0 Å². The number of carbonyl (C=O) groups is 2. The van der Waals surface area contributed by atoms with Crippen LogP contribution in [0.25, 0.3) is 0 Å². The van der Waals surface area contributed by atoms with Crippen molar-refractivity contribution in [2.75, 3.05) is 13.7 Å². The predicted molar refractivity (Wildman–Crippen MR) is 47.6 cm³/mol. The molecule has 0 amide bonds. The number of ketones is 1. The fraction of sp³-hybridized carbons (Fsp3) is 0.375. The number of methoxy groups -OCH3 is 1. The lowest BCUT2D eigenvalue weighted by Crippen LogP contribution is -2.22. The minimum absolute atomic E-state index is 0.0426. The molecule has 0 aliphatic rings. The van der Waals surface area contributed by atoms with Crippen LogP contribution in [0.4, 0.5) is 0 Å². The number of Topliss-reactive ketones (excluding diaryl/α,β-unsaturated/α-hetero) is 1. The zero-order valence-electron chi connectivity index (χ0n) is 7.77. The number of hydrogen-bond acceptors (Lipinski definition) is 5. The summed E-state index contributed by atoms with van der Waals surface area (Å²) in [6.07, 6.45) is 2.95. The number of rotatable bonds is 4. The van der Waals surface area contributed by atoms with E-state index < -0.39 is 5.97 Å². The third-order valence-electron chi connectivity index (χ3n) is 1.66. The van der Waals surface area contributed by atoms with Crippen LogP contribution in [-0.4, -0.2) is 35.0 Å². The van der Waals surface area contributed by atoms with Crippen LogP contribution in [0, 0.1) is 0 Å². The van der Waals surface area contributed by atoms with Gasteiger partial charge in [0.05, 0.1) is 20.2 Å². The summed E-state index contributed by atoms with van der Waals surface area (Å²) in [5.41, 5.74) is 5.15. The van der Waals surface area contributed by atoms with Crippen LogP contribution in [0.1, 0.15) is 10.6 Å². The Labute approximate surface area is 80.7 Å². The first-order valence-corrected chi connectivity index (χ1v) is 4.00. The molecule has 0 atom stereocenters. The van der Waals surface area contributed by atoms with Gasteiger partial charge in [-0.3, -0.25) is 4.79 Å². The van der Waals surface area contributed by atoms with E-state index in [-0.39, 0.29) is 24.7 Å². The van der Waals surface area contributed by atoms with Crippen molar-refractivity contribution in [3.8, 4) is 0 Å². The van der Waals surface area contributed by atoms with Gasteiger partial charge in [-0.15, -0.1) is 0 Å². The van der Waals surface area contributed by atoms with Crippen LogP contribution in [-0.2, 0) is 16.1 Å². The van der Waals surface area contributed by atoms with Gasteiger partial charge in [0.2, 0.25) is 5.82 Å². The molecule has 1 rings (SSSR count). The van der Waals surface area contributed by atoms with Gasteiger partial charge in [-0.2, -0.15) is 0 Å². The molecule has 6 heteroatoms. The molecule has 0 aliphatic heterocycles. The quantitative estimate of drug-likeness (QED) is 0.638. The van der Waals surface area contributed by atoms with Crippen molar-refractivity contribution in [2.24, 2.45) is 5.73 Å². The van der Waals surface area contributed by atoms with Crippen LogP contribution in [0.3, 0.4) is 0 Å². The molecular formula is C8H11N3O3. The van der Waals surface area contributed by atoms with E-state index >= 15 is 0 Å². The van der Waals surface area contributed by atoms with Gasteiger partial charge in [-0.25, -0.2) is 9.78 Å². The largest absolute Gasteiger partial charge is 0.463 e. The average Bonchev–Trinajstić information content (AvgIpc) is 2.64. The molecule has 0 aromatic carbocycles. The molecule has 1 aromatic heterocycles. The zero-order chi connectivity index (χ0) is 10.6. The standard InChI is InChI=1S/C8H11N3O3/c1-14-8(13)7-10-2-3-11(7)5-6(12)4-9/h2-3H,4-5,9H2,1H3. The van der Waals surface area contributed by atoms with E-state index in [2.05, 4.69) is 9.72 Å². The van der Waals surface area contributed by atoms with Crippen molar-refractivity contribution in [3.05, 3.63) is 18.2 Å². The molecule has 2 N–H and O–H groups in total. The second-order valence-electron chi connectivity index (χ2n) is 2.61. The number of nitrogens with zero attached hydrogens (tertiary/aromatic N) is 2. The zero-order valence-corrected chi connectivity index (χ0v) is 7.77. The number of esters is 1.